The van der Waals surface area contributed by atoms with Gasteiger partial charge in [-0.15, -0.1) is 0 Å². The molecular weight excluding hydrogens is 996 g/mol. The number of aliphatic hydroxyl groups is 1. The van der Waals surface area contributed by atoms with E-state index in [1.165, 1.54) is 18.2 Å². The van der Waals surface area contributed by atoms with Crippen LogP contribution in [0, 0.1) is 28.6 Å². The maximum absolute atomic E-state index is 18.0. The van der Waals surface area contributed by atoms with Gasteiger partial charge in [-0.3, -0.25) is 38.7 Å². The van der Waals surface area contributed by atoms with Gasteiger partial charge < -0.3 is 39.4 Å². The number of allylic oxidation sites excluding steroid dienone is 4. The van der Waals surface area contributed by atoms with E-state index in [1.54, 1.807) is 118 Å². The Morgan fingerprint density at radius 2 is 1.56 bits per heavy atom. The van der Waals surface area contributed by atoms with Crippen molar-refractivity contribution in [2.45, 2.75) is 142 Å². The van der Waals surface area contributed by atoms with Crippen LogP contribution in [0.2, 0.25) is 0 Å². The fraction of sp³-hybridized carbons (Fsp3) is 0.534. The number of alkyl carbamates (subject to hydrolysis) is 1. The number of hydrogen-bond acceptors (Lipinski definition) is 15. The molecule has 4 aliphatic carbocycles. The number of anilines is 1. The van der Waals surface area contributed by atoms with Crippen molar-refractivity contribution in [1.29, 1.82) is 0 Å². The third-order valence-electron chi connectivity index (χ3n) is 15.7. The number of esters is 3. The lowest BCUT2D eigenvalue weighted by Crippen LogP contribution is -2.70. The molecule has 0 bridgehead atoms. The van der Waals surface area contributed by atoms with Crippen molar-refractivity contribution in [2.75, 3.05) is 31.6 Å². The van der Waals surface area contributed by atoms with Crippen LogP contribution < -0.4 is 10.6 Å². The molecule has 2 aromatic carbocycles. The summed E-state index contributed by atoms with van der Waals surface area (Å²) in [6.07, 6.45) is 4.68. The van der Waals surface area contributed by atoms with Gasteiger partial charge in [-0.25, -0.2) is 14.0 Å². The number of aliphatic hydroxyl groups excluding tert-OH is 1. The van der Waals surface area contributed by atoms with Crippen molar-refractivity contribution < 1.29 is 71.5 Å². The molecule has 3 aromatic rings. The molecule has 1 aromatic heterocycles. The van der Waals surface area contributed by atoms with E-state index in [0.29, 0.717) is 28.8 Å². The third-order valence-corrected chi connectivity index (χ3v) is 15.7. The minimum absolute atomic E-state index is 0.112. The number of hydrogen-bond donors (Lipinski definition) is 3. The molecule has 414 valence electrons. The van der Waals surface area contributed by atoms with E-state index in [1.807, 2.05) is 12.1 Å². The number of ether oxygens (including phenoxy) is 5. The van der Waals surface area contributed by atoms with E-state index >= 15 is 4.39 Å². The SMILES string of the molecule is CCC(=O)O[C@]1(C(=O)COC(=O)CN(CC(=O)OCc2ccc([C@@H](CNC(=O)OC(C)(C)C)C(=O)Nc3ccc4cnccc4c3)cc2)C(=O)OC(C)(C)C)[C@@H](C)CC2[C@@H]3CCC4=CC(=O)C=C[C@]4(C)[C@@]3(F)[C@@H](O)C[C@@]21C. The summed E-state index contributed by atoms with van der Waals surface area (Å²) >= 11 is 0. The van der Waals surface area contributed by atoms with Crippen LogP contribution >= 0.6 is 0 Å². The molecule has 0 saturated heterocycles. The highest BCUT2D eigenvalue weighted by molar-refractivity contribution is 6.01. The second kappa shape index (κ2) is 22.1. The average Bonchev–Trinajstić information content (AvgIpc) is 3.89. The quantitative estimate of drug-likeness (QED) is 0.0905. The molecule has 7 rings (SSSR count). The number of halogens is 1. The van der Waals surface area contributed by atoms with E-state index in [4.69, 9.17) is 23.7 Å². The van der Waals surface area contributed by atoms with Crippen LogP contribution in [0.1, 0.15) is 118 Å². The standard InChI is InChI=1S/C58H71FN4O14/c1-11-47(67)75-58(34(2)24-44-43-19-17-39-26-41(64)20-22-55(39,9)57(43,59)45(65)27-56(44,58)10)46(66)33-74-49(69)31-63(52(72)77-54(6,7)8)30-48(68)73-32-35-12-14-36(15-13-35)42(29-61-51(71)76-53(3,4)5)50(70)62-40-18-16-38-28-60-23-21-37(38)25-40/h12-16,18,20-23,25-26,28,34,42-45,65H,11,17,19,24,27,29-33H2,1-10H3,(H,61,71)(H,62,70)/t34-,42+,43-,44?,45-,55-,56-,57-,58-/m0/s1. The lowest BCUT2D eigenvalue weighted by Gasteiger charge is -2.62. The molecule has 4 aliphatic rings. The Hall–Kier alpha value is -7.02. The van der Waals surface area contributed by atoms with Crippen molar-refractivity contribution >= 4 is 64.0 Å². The highest BCUT2D eigenvalue weighted by Crippen LogP contribution is 2.71. The van der Waals surface area contributed by atoms with Crippen LogP contribution in [0.25, 0.3) is 10.8 Å². The van der Waals surface area contributed by atoms with Gasteiger partial charge in [0.2, 0.25) is 11.7 Å². The number of fused-ring (bicyclic) bond motifs is 6. The zero-order valence-corrected chi connectivity index (χ0v) is 45.5. The molecule has 3 amide bonds. The smallest absolute Gasteiger partial charge is 0.411 e. The lowest BCUT2D eigenvalue weighted by atomic mass is 9.44. The number of Topliss-reactive ketones (excluding diaryl/α,β-unsaturated/α-hetero) is 1. The number of pyridine rings is 1. The number of aromatic nitrogens is 1. The third kappa shape index (κ3) is 11.9. The molecule has 77 heavy (non-hydrogen) atoms. The summed E-state index contributed by atoms with van der Waals surface area (Å²) in [4.78, 5) is 112. The highest BCUT2D eigenvalue weighted by Gasteiger charge is 2.77. The number of benzene rings is 2. The Labute approximate surface area is 447 Å². The summed E-state index contributed by atoms with van der Waals surface area (Å²) in [6.45, 7) is 13.6. The Morgan fingerprint density at radius 1 is 0.883 bits per heavy atom. The van der Waals surface area contributed by atoms with E-state index in [2.05, 4.69) is 15.6 Å². The fourth-order valence-electron chi connectivity index (χ4n) is 12.1. The van der Waals surface area contributed by atoms with Gasteiger partial charge in [0.05, 0.1) is 12.0 Å². The highest BCUT2D eigenvalue weighted by atomic mass is 19.1. The van der Waals surface area contributed by atoms with Crippen LogP contribution in [-0.4, -0.2) is 117 Å². The first-order valence-electron chi connectivity index (χ1n) is 26.1. The van der Waals surface area contributed by atoms with Crippen molar-refractivity contribution in [1.82, 2.24) is 15.2 Å². The molecule has 1 unspecified atom stereocenters. The van der Waals surface area contributed by atoms with E-state index in [-0.39, 0.29) is 44.6 Å². The molecule has 0 aliphatic heterocycles. The second-order valence-corrected chi connectivity index (χ2v) is 23.1. The molecule has 3 fully saturated rings. The number of alkyl halides is 1. The summed E-state index contributed by atoms with van der Waals surface area (Å²) in [5, 5.41) is 19.3. The van der Waals surface area contributed by atoms with E-state index in [0.717, 1.165) is 15.7 Å². The molecule has 3 saturated carbocycles. The van der Waals surface area contributed by atoms with Gasteiger partial charge in [0.25, 0.3) is 0 Å². The average molecular weight is 1070 g/mol. The number of nitrogens with one attached hydrogen (secondary N) is 2. The van der Waals surface area contributed by atoms with Crippen molar-refractivity contribution in [3.8, 4) is 0 Å². The van der Waals surface area contributed by atoms with Gasteiger partial charge in [0.1, 0.15) is 30.9 Å². The van der Waals surface area contributed by atoms with Crippen molar-refractivity contribution in [2.24, 2.45) is 28.6 Å². The first-order chi connectivity index (χ1) is 36.0. The molecule has 9 atom stereocenters. The van der Waals surface area contributed by atoms with Crippen LogP contribution in [0.4, 0.5) is 19.7 Å². The molecular formula is C58H71FN4O14. The van der Waals surface area contributed by atoms with Gasteiger partial charge in [0, 0.05) is 59.1 Å². The van der Waals surface area contributed by atoms with Crippen LogP contribution in [-0.2, 0) is 59.1 Å². The van der Waals surface area contributed by atoms with E-state index in [9.17, 15) is 43.5 Å². The Morgan fingerprint density at radius 3 is 2.22 bits per heavy atom. The minimum Gasteiger partial charge on any atom is -0.459 e. The number of carbonyl (C=O) groups is 8. The zero-order valence-electron chi connectivity index (χ0n) is 45.5. The monoisotopic (exact) mass is 1070 g/mol. The zero-order chi connectivity index (χ0) is 56.5. The van der Waals surface area contributed by atoms with Gasteiger partial charge >= 0.3 is 30.1 Å². The molecule has 1 heterocycles. The lowest BCUT2D eigenvalue weighted by molar-refractivity contribution is -0.228. The van der Waals surface area contributed by atoms with Crippen LogP contribution in [0.3, 0.4) is 0 Å². The number of amides is 3. The van der Waals surface area contributed by atoms with Gasteiger partial charge in [-0.1, -0.05) is 62.8 Å². The summed E-state index contributed by atoms with van der Waals surface area (Å²) in [6, 6.07) is 13.7. The topological polar surface area (TPSA) is 243 Å². The maximum atomic E-state index is 18.0. The van der Waals surface area contributed by atoms with Crippen LogP contribution in [0.15, 0.2) is 84.7 Å². The summed E-state index contributed by atoms with van der Waals surface area (Å²) in [5.74, 6) is -7.24. The molecule has 3 N–H and O–H groups in total. The predicted molar refractivity (Wildman–Crippen MR) is 279 cm³/mol. The summed E-state index contributed by atoms with van der Waals surface area (Å²) in [7, 11) is 0. The summed E-state index contributed by atoms with van der Waals surface area (Å²) < 4.78 is 46.1. The predicted octanol–water partition coefficient (Wildman–Crippen LogP) is 8.18. The Kier molecular flexibility index (Phi) is 16.6. The number of rotatable bonds is 16. The number of carbonyl (C=O) groups excluding carboxylic acids is 8. The second-order valence-electron chi connectivity index (χ2n) is 23.1. The van der Waals surface area contributed by atoms with E-state index < -0.39 is 125 Å². The molecule has 18 nitrogen and oxygen atoms in total. The van der Waals surface area contributed by atoms with Gasteiger partial charge in [0.15, 0.2) is 23.7 Å². The van der Waals surface area contributed by atoms with Gasteiger partial charge in [-0.2, -0.15) is 0 Å². The minimum atomic E-state index is -2.22. The number of ketones is 2. The first-order valence-corrected chi connectivity index (χ1v) is 26.1. The normalized spacial score (nSPS) is 26.9. The number of nitrogens with zero attached hydrogens (tertiary/aromatic N) is 2. The van der Waals surface area contributed by atoms with Crippen LogP contribution in [0.5, 0.6) is 0 Å². The maximum Gasteiger partial charge on any atom is 0.411 e. The fourth-order valence-corrected chi connectivity index (χ4v) is 12.1. The largest absolute Gasteiger partial charge is 0.459 e. The first kappa shape index (κ1) is 57.7. The Balaban J connectivity index is 1.02. The Bertz CT molecular complexity index is 2870. The summed E-state index contributed by atoms with van der Waals surface area (Å²) in [5.41, 5.74) is -6.54. The molecule has 0 radical (unpaired) electrons. The van der Waals surface area contributed by atoms with Crippen molar-refractivity contribution in [3.63, 3.8) is 0 Å². The molecule has 0 spiro atoms. The van der Waals surface area contributed by atoms with Crippen molar-refractivity contribution in [3.05, 3.63) is 95.9 Å². The van der Waals surface area contributed by atoms with Gasteiger partial charge in [-0.05, 0) is 127 Å². The molecule has 19 heteroatoms.